The lowest BCUT2D eigenvalue weighted by Gasteiger charge is -2.46. The van der Waals surface area contributed by atoms with Gasteiger partial charge in [0.2, 0.25) is 5.91 Å². The van der Waals surface area contributed by atoms with E-state index in [4.69, 9.17) is 18.9 Å². The molecule has 2 heterocycles. The van der Waals surface area contributed by atoms with E-state index >= 15 is 0 Å². The third kappa shape index (κ3) is 34.1. The fourth-order valence-corrected chi connectivity index (χ4v) is 10.1. The van der Waals surface area contributed by atoms with Crippen LogP contribution in [0.4, 0.5) is 0 Å². The Morgan fingerprint density at radius 2 is 0.844 bits per heavy atom. The monoisotopic (exact) mass is 1090 g/mol. The van der Waals surface area contributed by atoms with Crippen LogP contribution in [-0.4, -0.2) is 140 Å². The first-order valence-electron chi connectivity index (χ1n) is 31.4. The number of ether oxygens (including phenoxy) is 4. The number of aliphatic hydroxyl groups excluding tert-OH is 8. The molecule has 77 heavy (non-hydrogen) atoms. The van der Waals surface area contributed by atoms with Gasteiger partial charge in [-0.15, -0.1) is 0 Å². The minimum Gasteiger partial charge on any atom is -0.394 e. The van der Waals surface area contributed by atoms with Crippen molar-refractivity contribution in [1.29, 1.82) is 0 Å². The molecule has 0 spiro atoms. The molecule has 0 bridgehead atoms. The second-order valence-electron chi connectivity index (χ2n) is 22.2. The van der Waals surface area contributed by atoms with Crippen molar-refractivity contribution in [3.63, 3.8) is 0 Å². The van der Waals surface area contributed by atoms with Crippen LogP contribution in [0.2, 0.25) is 0 Å². The Morgan fingerprint density at radius 1 is 0.455 bits per heavy atom. The first-order valence-corrected chi connectivity index (χ1v) is 31.4. The highest BCUT2D eigenvalue weighted by Crippen LogP contribution is 2.30. The lowest BCUT2D eigenvalue weighted by atomic mass is 9.97. The van der Waals surface area contributed by atoms with E-state index in [1.165, 1.54) is 173 Å². The fourth-order valence-electron chi connectivity index (χ4n) is 10.1. The van der Waals surface area contributed by atoms with Gasteiger partial charge in [-0.3, -0.25) is 4.79 Å². The van der Waals surface area contributed by atoms with Gasteiger partial charge < -0.3 is 65.1 Å². The Kier molecular flexibility index (Phi) is 44.9. The highest BCUT2D eigenvalue weighted by molar-refractivity contribution is 5.76. The highest BCUT2D eigenvalue weighted by atomic mass is 16.7. The SMILES string of the molecule is CCCC/C=C/CC/C=C/CC/C=C/C(O)C(COC1OC(CO)C(OC2OC(CO)C(O)C(O)C2O)C(O)C1O)NC(=O)CCCCCCCCCCCCCCCCCCCCC/C=C\CCCCCCCCCC. The van der Waals surface area contributed by atoms with E-state index in [1.807, 2.05) is 6.08 Å². The molecule has 0 aliphatic carbocycles. The van der Waals surface area contributed by atoms with E-state index in [1.54, 1.807) is 6.08 Å². The van der Waals surface area contributed by atoms with Crippen LogP contribution in [0.5, 0.6) is 0 Å². The predicted octanol–water partition coefficient (Wildman–Crippen LogP) is 11.2. The summed E-state index contributed by atoms with van der Waals surface area (Å²) in [6.45, 7) is 2.73. The summed E-state index contributed by atoms with van der Waals surface area (Å²) >= 11 is 0. The molecule has 2 aliphatic rings. The summed E-state index contributed by atoms with van der Waals surface area (Å²) in [5.74, 6) is -0.252. The van der Waals surface area contributed by atoms with Crippen LogP contribution >= 0.6 is 0 Å². The number of aliphatic hydroxyl groups is 8. The third-order valence-electron chi connectivity index (χ3n) is 15.2. The molecule has 450 valence electrons. The first-order chi connectivity index (χ1) is 37.6. The molecule has 0 aromatic carbocycles. The predicted molar refractivity (Wildman–Crippen MR) is 309 cm³/mol. The number of carbonyl (C=O) groups excluding carboxylic acids is 1. The lowest BCUT2D eigenvalue weighted by Crippen LogP contribution is -2.65. The van der Waals surface area contributed by atoms with Gasteiger partial charge in [0, 0.05) is 6.42 Å². The Bertz CT molecular complexity index is 1480. The van der Waals surface area contributed by atoms with E-state index < -0.39 is 86.8 Å². The second-order valence-corrected chi connectivity index (χ2v) is 22.2. The van der Waals surface area contributed by atoms with Crippen molar-refractivity contribution in [3.05, 3.63) is 48.6 Å². The Hall–Kier alpha value is -2.05. The highest BCUT2D eigenvalue weighted by Gasteiger charge is 2.51. The lowest BCUT2D eigenvalue weighted by molar-refractivity contribution is -0.359. The van der Waals surface area contributed by atoms with E-state index in [0.717, 1.165) is 44.9 Å². The van der Waals surface area contributed by atoms with Crippen LogP contribution in [0.15, 0.2) is 48.6 Å². The summed E-state index contributed by atoms with van der Waals surface area (Å²) in [6, 6.07) is -0.936. The molecule has 14 nitrogen and oxygen atoms in total. The average Bonchev–Trinajstić information content (AvgIpc) is 3.44. The zero-order chi connectivity index (χ0) is 56.0. The van der Waals surface area contributed by atoms with E-state index in [-0.39, 0.29) is 18.9 Å². The molecule has 2 saturated heterocycles. The van der Waals surface area contributed by atoms with E-state index in [2.05, 4.69) is 55.6 Å². The summed E-state index contributed by atoms with van der Waals surface area (Å²) in [4.78, 5) is 13.2. The van der Waals surface area contributed by atoms with Crippen LogP contribution in [0, 0.1) is 0 Å². The molecule has 2 aliphatic heterocycles. The Labute approximate surface area is 467 Å². The van der Waals surface area contributed by atoms with Crippen molar-refractivity contribution in [2.75, 3.05) is 19.8 Å². The number of allylic oxidation sites excluding steroid dienone is 7. The first kappa shape index (κ1) is 71.1. The molecular formula is C63H115NO13. The van der Waals surface area contributed by atoms with Gasteiger partial charge >= 0.3 is 0 Å². The summed E-state index contributed by atoms with van der Waals surface area (Å²) in [5, 5.41) is 86.9. The molecule has 12 unspecified atom stereocenters. The van der Waals surface area contributed by atoms with Gasteiger partial charge in [0.15, 0.2) is 12.6 Å². The second kappa shape index (κ2) is 48.6. The van der Waals surface area contributed by atoms with E-state index in [0.29, 0.717) is 12.8 Å². The van der Waals surface area contributed by atoms with Crippen LogP contribution in [0.3, 0.4) is 0 Å². The number of carbonyl (C=O) groups is 1. The van der Waals surface area contributed by atoms with Crippen LogP contribution in [0.25, 0.3) is 0 Å². The minimum absolute atomic E-state index is 0.252. The van der Waals surface area contributed by atoms with Crippen molar-refractivity contribution in [3.8, 4) is 0 Å². The maximum Gasteiger partial charge on any atom is 0.220 e. The van der Waals surface area contributed by atoms with Gasteiger partial charge in [0.25, 0.3) is 0 Å². The molecule has 0 aromatic rings. The molecule has 2 fully saturated rings. The maximum atomic E-state index is 13.2. The number of rotatable bonds is 50. The van der Waals surface area contributed by atoms with E-state index in [9.17, 15) is 45.6 Å². The molecule has 14 heteroatoms. The molecule has 2 rings (SSSR count). The Balaban J connectivity index is 1.64. The molecule has 0 saturated carbocycles. The Morgan fingerprint density at radius 3 is 1.31 bits per heavy atom. The number of unbranched alkanes of at least 4 members (excludes halogenated alkanes) is 31. The van der Waals surface area contributed by atoms with Gasteiger partial charge in [-0.05, 0) is 64.2 Å². The van der Waals surface area contributed by atoms with Crippen molar-refractivity contribution >= 4 is 5.91 Å². The quantitative estimate of drug-likeness (QED) is 0.0204. The topological polar surface area (TPSA) is 228 Å². The molecule has 12 atom stereocenters. The summed E-state index contributed by atoms with van der Waals surface area (Å²) in [5.41, 5.74) is 0. The van der Waals surface area contributed by atoms with Gasteiger partial charge in [-0.25, -0.2) is 0 Å². The van der Waals surface area contributed by atoms with Crippen molar-refractivity contribution in [2.24, 2.45) is 0 Å². The van der Waals surface area contributed by atoms with Gasteiger partial charge in [0.05, 0.1) is 32.0 Å². The van der Waals surface area contributed by atoms with Crippen molar-refractivity contribution in [1.82, 2.24) is 5.32 Å². The largest absolute Gasteiger partial charge is 0.394 e. The van der Waals surface area contributed by atoms with Crippen molar-refractivity contribution < 1.29 is 64.6 Å². The van der Waals surface area contributed by atoms with Gasteiger partial charge in [-0.2, -0.15) is 0 Å². The fraction of sp³-hybridized carbons (Fsp3) is 0.857. The summed E-state index contributed by atoms with van der Waals surface area (Å²) < 4.78 is 22.7. The smallest absolute Gasteiger partial charge is 0.220 e. The van der Waals surface area contributed by atoms with Crippen LogP contribution < -0.4 is 5.32 Å². The molecule has 0 aromatic heterocycles. The third-order valence-corrected chi connectivity index (χ3v) is 15.2. The zero-order valence-electron chi connectivity index (χ0n) is 48.5. The molecule has 1 amide bonds. The van der Waals surface area contributed by atoms with Crippen LogP contribution in [0.1, 0.15) is 251 Å². The summed E-state index contributed by atoms with van der Waals surface area (Å²) in [7, 11) is 0. The van der Waals surface area contributed by atoms with Gasteiger partial charge in [-0.1, -0.05) is 229 Å². The zero-order valence-corrected chi connectivity index (χ0v) is 48.5. The number of hydrogen-bond acceptors (Lipinski definition) is 13. The number of amides is 1. The van der Waals surface area contributed by atoms with Crippen LogP contribution in [-0.2, 0) is 23.7 Å². The standard InChI is InChI=1S/C63H115NO13/c1-3-5-7-9-11-13-15-17-18-19-20-21-22-23-24-25-26-27-28-29-30-31-32-33-34-35-37-39-41-43-45-47-55(68)64-51(52(67)46-44-42-40-38-36-16-14-12-10-8-6-4-2)50-74-62-60(73)58(71)61(54(49-66)76-62)77-63-59(72)57(70)56(69)53(48-65)75-63/h10,12,19-20,36,38,44,46,51-54,56-63,65-67,69-73H,3-9,11,13-18,21-35,37,39-43,45,47-50H2,1-2H3,(H,64,68)/b12-10+,20-19-,38-36+,46-44+. The number of nitrogens with one attached hydrogen (secondary N) is 1. The normalized spacial score (nSPS) is 25.0. The number of hydrogen-bond donors (Lipinski definition) is 9. The molecular weight excluding hydrogens is 979 g/mol. The average molecular weight is 1090 g/mol. The minimum atomic E-state index is -1.79. The molecule has 0 radical (unpaired) electrons. The summed E-state index contributed by atoms with van der Waals surface area (Å²) in [6.07, 6.45) is 44.7. The van der Waals surface area contributed by atoms with Gasteiger partial charge in [0.1, 0.15) is 48.8 Å². The maximum absolute atomic E-state index is 13.2. The van der Waals surface area contributed by atoms with Crippen molar-refractivity contribution in [2.45, 2.75) is 325 Å². The molecule has 9 N–H and O–H groups in total.